The van der Waals surface area contributed by atoms with Gasteiger partial charge in [0, 0.05) is 31.7 Å². The van der Waals surface area contributed by atoms with Crippen LogP contribution in [0.25, 0.3) is 0 Å². The zero-order valence-corrected chi connectivity index (χ0v) is 8.87. The number of nitrogens with two attached hydrogens (primary N) is 1. The van der Waals surface area contributed by atoms with Crippen LogP contribution in [0.3, 0.4) is 0 Å². The summed E-state index contributed by atoms with van der Waals surface area (Å²) in [6.45, 7) is 3.23. The average molecular weight is 223 g/mol. The van der Waals surface area contributed by atoms with Gasteiger partial charge in [-0.1, -0.05) is 0 Å². The minimum Gasteiger partial charge on any atom is -0.367 e. The molecule has 0 bridgehead atoms. The first-order valence-electron chi connectivity index (χ1n) is 5.23. The van der Waals surface area contributed by atoms with Crippen molar-refractivity contribution in [1.29, 1.82) is 0 Å². The molecule has 0 saturated carbocycles. The van der Waals surface area contributed by atoms with E-state index >= 15 is 0 Å². The predicted octanol–water partition coefficient (Wildman–Crippen LogP) is 0.334. The smallest absolute Gasteiger partial charge is 0.248 e. The maximum atomic E-state index is 13.7. The summed E-state index contributed by atoms with van der Waals surface area (Å²) in [6.07, 6.45) is 0. The van der Waals surface area contributed by atoms with E-state index in [1.54, 1.807) is 12.1 Å². The molecule has 1 aromatic rings. The van der Waals surface area contributed by atoms with Crippen LogP contribution in [0, 0.1) is 5.82 Å². The van der Waals surface area contributed by atoms with Gasteiger partial charge in [-0.3, -0.25) is 4.79 Å². The first-order valence-corrected chi connectivity index (χ1v) is 5.23. The lowest BCUT2D eigenvalue weighted by atomic mass is 10.1. The van der Waals surface area contributed by atoms with E-state index in [4.69, 9.17) is 5.73 Å². The van der Waals surface area contributed by atoms with Crippen molar-refractivity contribution in [3.63, 3.8) is 0 Å². The maximum absolute atomic E-state index is 13.7. The second kappa shape index (κ2) is 4.49. The molecule has 4 nitrogen and oxygen atoms in total. The first kappa shape index (κ1) is 10.9. The molecule has 3 N–H and O–H groups in total. The Morgan fingerprint density at radius 2 is 2.06 bits per heavy atom. The number of hydrogen-bond donors (Lipinski definition) is 2. The van der Waals surface area contributed by atoms with Gasteiger partial charge in [0.2, 0.25) is 5.91 Å². The second-order valence-electron chi connectivity index (χ2n) is 3.77. The molecule has 0 atom stereocenters. The van der Waals surface area contributed by atoms with Crippen LogP contribution >= 0.6 is 0 Å². The van der Waals surface area contributed by atoms with Crippen LogP contribution < -0.4 is 16.0 Å². The molecule has 1 heterocycles. The van der Waals surface area contributed by atoms with E-state index in [-0.39, 0.29) is 5.56 Å². The highest BCUT2D eigenvalue weighted by molar-refractivity contribution is 5.93. The number of nitrogens with zero attached hydrogens (tertiary/aromatic N) is 1. The number of benzene rings is 1. The van der Waals surface area contributed by atoms with E-state index in [2.05, 4.69) is 5.32 Å². The molecule has 0 radical (unpaired) electrons. The van der Waals surface area contributed by atoms with Gasteiger partial charge >= 0.3 is 0 Å². The standard InChI is InChI=1S/C11H14FN3O/c12-9-7-8(11(13)16)1-2-10(9)15-5-3-14-4-6-15/h1-2,7,14H,3-6H2,(H2,13,16). The molecule has 0 spiro atoms. The Morgan fingerprint density at radius 3 is 2.62 bits per heavy atom. The third-order valence-corrected chi connectivity index (χ3v) is 2.69. The third-order valence-electron chi connectivity index (χ3n) is 2.69. The number of carbonyl (C=O) groups is 1. The normalized spacial score (nSPS) is 16.2. The van der Waals surface area contributed by atoms with Crippen molar-refractivity contribution in [2.45, 2.75) is 0 Å². The van der Waals surface area contributed by atoms with Crippen LogP contribution in [0.1, 0.15) is 10.4 Å². The van der Waals surface area contributed by atoms with E-state index in [9.17, 15) is 9.18 Å². The molecule has 86 valence electrons. The Bertz CT molecular complexity index is 402. The van der Waals surface area contributed by atoms with Crippen LogP contribution in [0.2, 0.25) is 0 Å². The van der Waals surface area contributed by atoms with Crippen LogP contribution in [0.5, 0.6) is 0 Å². The van der Waals surface area contributed by atoms with E-state index in [1.807, 2.05) is 4.90 Å². The monoisotopic (exact) mass is 223 g/mol. The molecule has 16 heavy (non-hydrogen) atoms. The van der Waals surface area contributed by atoms with Crippen molar-refractivity contribution in [2.75, 3.05) is 31.1 Å². The van der Waals surface area contributed by atoms with Crippen LogP contribution in [0.15, 0.2) is 18.2 Å². The minimum atomic E-state index is -0.606. The number of carbonyl (C=O) groups excluding carboxylic acids is 1. The van der Waals surface area contributed by atoms with Gasteiger partial charge in [0.1, 0.15) is 5.82 Å². The zero-order chi connectivity index (χ0) is 11.5. The summed E-state index contributed by atoms with van der Waals surface area (Å²) in [6, 6.07) is 4.36. The number of anilines is 1. The highest BCUT2D eigenvalue weighted by Gasteiger charge is 2.15. The molecule has 1 amide bonds. The number of rotatable bonds is 2. The molecule has 2 rings (SSSR count). The van der Waals surface area contributed by atoms with Gasteiger partial charge in [0.05, 0.1) is 5.69 Å². The Hall–Kier alpha value is -1.62. The first-order chi connectivity index (χ1) is 7.68. The van der Waals surface area contributed by atoms with Crippen LogP contribution in [0.4, 0.5) is 10.1 Å². The van der Waals surface area contributed by atoms with E-state index in [0.29, 0.717) is 5.69 Å². The molecular formula is C11H14FN3O. The molecule has 1 aliphatic rings. The van der Waals surface area contributed by atoms with Gasteiger partial charge in [-0.15, -0.1) is 0 Å². The predicted molar refractivity (Wildman–Crippen MR) is 60.0 cm³/mol. The lowest BCUT2D eigenvalue weighted by molar-refractivity contribution is 0.1000. The van der Waals surface area contributed by atoms with E-state index in [1.165, 1.54) is 6.07 Å². The summed E-state index contributed by atoms with van der Waals surface area (Å²) in [5.41, 5.74) is 5.82. The van der Waals surface area contributed by atoms with Gasteiger partial charge < -0.3 is 16.0 Å². The molecule has 0 aliphatic carbocycles. The summed E-state index contributed by atoms with van der Waals surface area (Å²) < 4.78 is 13.7. The van der Waals surface area contributed by atoms with Crippen molar-refractivity contribution in [1.82, 2.24) is 5.32 Å². The molecule has 1 saturated heterocycles. The fourth-order valence-electron chi connectivity index (χ4n) is 1.82. The van der Waals surface area contributed by atoms with Crippen LogP contribution in [-0.2, 0) is 0 Å². The largest absolute Gasteiger partial charge is 0.367 e. The molecule has 0 unspecified atom stereocenters. The average Bonchev–Trinajstić information content (AvgIpc) is 2.30. The third kappa shape index (κ3) is 2.14. The lowest BCUT2D eigenvalue weighted by Crippen LogP contribution is -2.43. The summed E-state index contributed by atoms with van der Waals surface area (Å²) in [7, 11) is 0. The van der Waals surface area contributed by atoms with Crippen molar-refractivity contribution >= 4 is 11.6 Å². The molecular weight excluding hydrogens is 209 g/mol. The number of halogens is 1. The Labute approximate surface area is 93.2 Å². The molecule has 1 aliphatic heterocycles. The number of piperazine rings is 1. The quantitative estimate of drug-likeness (QED) is 0.760. The number of hydrogen-bond acceptors (Lipinski definition) is 3. The highest BCUT2D eigenvalue weighted by Crippen LogP contribution is 2.20. The molecule has 1 fully saturated rings. The maximum Gasteiger partial charge on any atom is 0.248 e. The Kier molecular flexibility index (Phi) is 3.05. The van der Waals surface area contributed by atoms with Gasteiger partial charge in [0.25, 0.3) is 0 Å². The number of primary amides is 1. The SMILES string of the molecule is NC(=O)c1ccc(N2CCNCC2)c(F)c1. The topological polar surface area (TPSA) is 58.4 Å². The van der Waals surface area contributed by atoms with Gasteiger partial charge in [-0.05, 0) is 18.2 Å². The summed E-state index contributed by atoms with van der Waals surface area (Å²) >= 11 is 0. The number of nitrogens with one attached hydrogen (secondary N) is 1. The fraction of sp³-hybridized carbons (Fsp3) is 0.364. The molecule has 5 heteroatoms. The molecule has 0 aromatic heterocycles. The van der Waals surface area contributed by atoms with Crippen molar-refractivity contribution in [3.8, 4) is 0 Å². The van der Waals surface area contributed by atoms with Crippen molar-refractivity contribution < 1.29 is 9.18 Å². The second-order valence-corrected chi connectivity index (χ2v) is 3.77. The van der Waals surface area contributed by atoms with Gasteiger partial charge in [0.15, 0.2) is 0 Å². The highest BCUT2D eigenvalue weighted by atomic mass is 19.1. The van der Waals surface area contributed by atoms with E-state index < -0.39 is 11.7 Å². The Balaban J connectivity index is 2.24. The van der Waals surface area contributed by atoms with Crippen molar-refractivity contribution in [2.24, 2.45) is 5.73 Å². The summed E-state index contributed by atoms with van der Waals surface area (Å²) in [4.78, 5) is 12.8. The van der Waals surface area contributed by atoms with Gasteiger partial charge in [-0.2, -0.15) is 0 Å². The fourth-order valence-corrected chi connectivity index (χ4v) is 1.82. The summed E-state index contributed by atoms with van der Waals surface area (Å²) in [5, 5.41) is 3.20. The Morgan fingerprint density at radius 1 is 1.38 bits per heavy atom. The van der Waals surface area contributed by atoms with Crippen molar-refractivity contribution in [3.05, 3.63) is 29.6 Å². The molecule has 1 aromatic carbocycles. The summed E-state index contributed by atoms with van der Waals surface area (Å²) in [5.74, 6) is -0.996. The minimum absolute atomic E-state index is 0.205. The van der Waals surface area contributed by atoms with E-state index in [0.717, 1.165) is 26.2 Å². The van der Waals surface area contributed by atoms with Crippen LogP contribution in [-0.4, -0.2) is 32.1 Å². The van der Waals surface area contributed by atoms with Gasteiger partial charge in [-0.25, -0.2) is 4.39 Å². The number of amides is 1. The lowest BCUT2D eigenvalue weighted by Gasteiger charge is -2.29. The zero-order valence-electron chi connectivity index (χ0n) is 8.87.